The van der Waals surface area contributed by atoms with E-state index in [0.29, 0.717) is 6.54 Å². The molecule has 0 fully saturated rings. The van der Waals surface area contributed by atoms with E-state index in [1.807, 2.05) is 0 Å². The summed E-state index contributed by atoms with van der Waals surface area (Å²) in [6, 6.07) is 8.45. The first-order valence-electron chi connectivity index (χ1n) is 4.49. The molecule has 0 atom stereocenters. The predicted octanol–water partition coefficient (Wildman–Crippen LogP) is 1.50. The second kappa shape index (κ2) is 7.77. The van der Waals surface area contributed by atoms with Crippen LogP contribution >= 0.6 is 0 Å². The fraction of sp³-hybridized carbons (Fsp3) is 0.455. The van der Waals surface area contributed by atoms with Crippen LogP contribution in [-0.2, 0) is 0 Å². The lowest BCUT2D eigenvalue weighted by atomic mass is 10.2. The van der Waals surface area contributed by atoms with Crippen molar-refractivity contribution in [1.82, 2.24) is 5.32 Å². The zero-order valence-corrected chi connectivity index (χ0v) is 8.67. The van der Waals surface area contributed by atoms with Crippen molar-refractivity contribution in [2.45, 2.75) is 13.8 Å². The second-order valence-corrected chi connectivity index (χ2v) is 2.99. The van der Waals surface area contributed by atoms with Gasteiger partial charge < -0.3 is 10.4 Å². The zero-order valence-electron chi connectivity index (χ0n) is 8.67. The molecule has 0 unspecified atom stereocenters. The molecule has 2 heteroatoms. The molecule has 0 spiro atoms. The normalized spacial score (nSPS) is 8.92. The van der Waals surface area contributed by atoms with Gasteiger partial charge in [-0.1, -0.05) is 35.4 Å². The van der Waals surface area contributed by atoms with Gasteiger partial charge in [-0.25, -0.2) is 0 Å². The van der Waals surface area contributed by atoms with Gasteiger partial charge in [-0.15, -0.1) is 0 Å². The van der Waals surface area contributed by atoms with Crippen LogP contribution in [0, 0.1) is 13.8 Å². The molecule has 0 heterocycles. The van der Waals surface area contributed by atoms with Crippen LogP contribution in [-0.4, -0.2) is 25.3 Å². The van der Waals surface area contributed by atoms with E-state index in [1.165, 1.54) is 11.1 Å². The highest BCUT2D eigenvalue weighted by atomic mass is 16.3. The van der Waals surface area contributed by atoms with E-state index < -0.39 is 0 Å². The third-order valence-electron chi connectivity index (χ3n) is 1.54. The van der Waals surface area contributed by atoms with Crippen LogP contribution in [0.4, 0.5) is 0 Å². The molecule has 0 aliphatic carbocycles. The lowest BCUT2D eigenvalue weighted by Gasteiger charge is -1.90. The van der Waals surface area contributed by atoms with E-state index in [0.717, 1.165) is 0 Å². The Balaban J connectivity index is 0.000000252. The maximum absolute atomic E-state index is 8.00. The van der Waals surface area contributed by atoms with Crippen molar-refractivity contribution < 1.29 is 5.11 Å². The Bertz CT molecular complexity index is 204. The quantitative estimate of drug-likeness (QED) is 0.724. The van der Waals surface area contributed by atoms with Crippen molar-refractivity contribution in [3.05, 3.63) is 35.4 Å². The summed E-state index contributed by atoms with van der Waals surface area (Å²) < 4.78 is 0. The molecule has 74 valence electrons. The average Bonchev–Trinajstić information content (AvgIpc) is 2.06. The van der Waals surface area contributed by atoms with Gasteiger partial charge in [0.2, 0.25) is 0 Å². The third-order valence-corrected chi connectivity index (χ3v) is 1.54. The van der Waals surface area contributed by atoms with Gasteiger partial charge in [0, 0.05) is 6.54 Å². The number of hydrogen-bond donors (Lipinski definition) is 2. The number of benzene rings is 1. The lowest BCUT2D eigenvalue weighted by Crippen LogP contribution is -2.10. The minimum absolute atomic E-state index is 0.233. The molecule has 2 nitrogen and oxygen atoms in total. The molecule has 1 rings (SSSR count). The SMILES string of the molecule is CNCCO.Cc1cccc(C)c1. The van der Waals surface area contributed by atoms with Crippen molar-refractivity contribution >= 4 is 0 Å². The molecule has 0 radical (unpaired) electrons. The van der Waals surface area contributed by atoms with Gasteiger partial charge in [0.25, 0.3) is 0 Å². The summed E-state index contributed by atoms with van der Waals surface area (Å²) in [7, 11) is 1.80. The minimum atomic E-state index is 0.233. The Morgan fingerprint density at radius 3 is 1.92 bits per heavy atom. The highest BCUT2D eigenvalue weighted by Crippen LogP contribution is 2.00. The summed E-state index contributed by atoms with van der Waals surface area (Å²) in [5, 5.41) is 10.8. The van der Waals surface area contributed by atoms with E-state index in [9.17, 15) is 0 Å². The summed E-state index contributed by atoms with van der Waals surface area (Å²) in [6.45, 7) is 5.14. The van der Waals surface area contributed by atoms with Crippen LogP contribution in [0.1, 0.15) is 11.1 Å². The highest BCUT2D eigenvalue weighted by molar-refractivity contribution is 5.20. The Hall–Kier alpha value is -0.860. The van der Waals surface area contributed by atoms with Gasteiger partial charge in [0.05, 0.1) is 6.61 Å². The molecular formula is C11H19NO. The predicted molar refractivity (Wildman–Crippen MR) is 56.9 cm³/mol. The molecule has 0 aliphatic heterocycles. The van der Waals surface area contributed by atoms with Crippen LogP contribution in [0.2, 0.25) is 0 Å². The van der Waals surface area contributed by atoms with Gasteiger partial charge in [-0.3, -0.25) is 0 Å². The maximum Gasteiger partial charge on any atom is 0.0555 e. The minimum Gasteiger partial charge on any atom is -0.395 e. The van der Waals surface area contributed by atoms with E-state index in [1.54, 1.807) is 7.05 Å². The van der Waals surface area contributed by atoms with Crippen LogP contribution in [0.5, 0.6) is 0 Å². The molecule has 0 bridgehead atoms. The van der Waals surface area contributed by atoms with Gasteiger partial charge in [-0.2, -0.15) is 0 Å². The summed E-state index contributed by atoms with van der Waals surface area (Å²) >= 11 is 0. The molecule has 0 aliphatic rings. The summed E-state index contributed by atoms with van der Waals surface area (Å²) in [5.41, 5.74) is 2.68. The first kappa shape index (κ1) is 12.1. The van der Waals surface area contributed by atoms with Crippen molar-refractivity contribution in [2.24, 2.45) is 0 Å². The van der Waals surface area contributed by atoms with Crippen molar-refractivity contribution in [3.8, 4) is 0 Å². The molecule has 0 saturated heterocycles. The molecular weight excluding hydrogens is 162 g/mol. The Labute approximate surface area is 80.6 Å². The number of hydrogen-bond acceptors (Lipinski definition) is 2. The molecule has 0 saturated carbocycles. The van der Waals surface area contributed by atoms with E-state index in [-0.39, 0.29) is 6.61 Å². The summed E-state index contributed by atoms with van der Waals surface area (Å²) in [6.07, 6.45) is 0. The van der Waals surface area contributed by atoms with Crippen molar-refractivity contribution in [2.75, 3.05) is 20.2 Å². The van der Waals surface area contributed by atoms with Crippen LogP contribution in [0.15, 0.2) is 24.3 Å². The largest absolute Gasteiger partial charge is 0.395 e. The standard InChI is InChI=1S/C8H10.C3H9NO/c1-7-4-3-5-8(2)6-7;1-4-2-3-5/h3-6H,1-2H3;4-5H,2-3H2,1H3. The molecule has 0 aromatic heterocycles. The fourth-order valence-electron chi connectivity index (χ4n) is 0.919. The fourth-order valence-corrected chi connectivity index (χ4v) is 0.919. The summed E-state index contributed by atoms with van der Waals surface area (Å²) in [4.78, 5) is 0. The average molecular weight is 181 g/mol. The smallest absolute Gasteiger partial charge is 0.0555 e. The van der Waals surface area contributed by atoms with E-state index in [2.05, 4.69) is 43.4 Å². The van der Waals surface area contributed by atoms with Crippen molar-refractivity contribution in [3.63, 3.8) is 0 Å². The van der Waals surface area contributed by atoms with Crippen LogP contribution in [0.3, 0.4) is 0 Å². The van der Waals surface area contributed by atoms with Gasteiger partial charge in [0.15, 0.2) is 0 Å². The topological polar surface area (TPSA) is 32.3 Å². The lowest BCUT2D eigenvalue weighted by molar-refractivity contribution is 0.296. The molecule has 2 N–H and O–H groups in total. The Morgan fingerprint density at radius 2 is 1.77 bits per heavy atom. The Morgan fingerprint density at radius 1 is 1.23 bits per heavy atom. The molecule has 1 aromatic carbocycles. The van der Waals surface area contributed by atoms with E-state index >= 15 is 0 Å². The van der Waals surface area contributed by atoms with Gasteiger partial charge in [-0.05, 0) is 20.9 Å². The first-order chi connectivity index (χ1) is 6.20. The van der Waals surface area contributed by atoms with E-state index in [4.69, 9.17) is 5.11 Å². The first-order valence-corrected chi connectivity index (χ1v) is 4.49. The van der Waals surface area contributed by atoms with Crippen LogP contribution < -0.4 is 5.32 Å². The second-order valence-electron chi connectivity index (χ2n) is 2.99. The number of likely N-dealkylation sites (N-methyl/N-ethyl adjacent to an activating group) is 1. The summed E-state index contributed by atoms with van der Waals surface area (Å²) in [5.74, 6) is 0. The molecule has 13 heavy (non-hydrogen) atoms. The van der Waals surface area contributed by atoms with Gasteiger partial charge in [0.1, 0.15) is 0 Å². The number of aliphatic hydroxyl groups is 1. The Kier molecular flexibility index (Phi) is 7.26. The number of rotatable bonds is 2. The maximum atomic E-state index is 8.00. The zero-order chi connectivity index (χ0) is 10.1. The van der Waals surface area contributed by atoms with Gasteiger partial charge >= 0.3 is 0 Å². The van der Waals surface area contributed by atoms with Crippen molar-refractivity contribution in [1.29, 1.82) is 0 Å². The number of nitrogens with one attached hydrogen (secondary N) is 1. The number of aryl methyl sites for hydroxylation is 2. The monoisotopic (exact) mass is 181 g/mol. The molecule has 1 aromatic rings. The highest BCUT2D eigenvalue weighted by Gasteiger charge is 1.80. The van der Waals surface area contributed by atoms with Crippen LogP contribution in [0.25, 0.3) is 0 Å². The third kappa shape index (κ3) is 7.50. The number of aliphatic hydroxyl groups excluding tert-OH is 1. The molecule has 0 amide bonds.